The summed E-state index contributed by atoms with van der Waals surface area (Å²) >= 11 is 1.68. The Bertz CT molecular complexity index is 958. The van der Waals surface area contributed by atoms with Crippen LogP contribution in [0, 0.1) is 5.41 Å². The molecule has 26 heavy (non-hydrogen) atoms. The molecular weight excluding hydrogens is 346 g/mol. The Morgan fingerprint density at radius 3 is 2.62 bits per heavy atom. The molecule has 1 N–H and O–H groups in total. The van der Waals surface area contributed by atoms with E-state index in [4.69, 9.17) is 5.41 Å². The molecule has 0 aliphatic carbocycles. The van der Waals surface area contributed by atoms with Gasteiger partial charge < -0.3 is 14.9 Å². The Kier molecular flexibility index (Phi) is 4.16. The average Bonchev–Trinajstić information content (AvgIpc) is 3.32. The quantitative estimate of drug-likeness (QED) is 0.721. The number of rotatable bonds is 3. The number of thiophene rings is 1. The lowest BCUT2D eigenvalue weighted by molar-refractivity contribution is 0.0637. The maximum Gasteiger partial charge on any atom is 0.254 e. The number of aromatic nitrogens is 3. The van der Waals surface area contributed by atoms with E-state index in [9.17, 15) is 4.79 Å². The molecule has 0 saturated heterocycles. The highest BCUT2D eigenvalue weighted by molar-refractivity contribution is 7.13. The summed E-state index contributed by atoms with van der Waals surface area (Å²) in [6.45, 7) is 4.85. The van der Waals surface area contributed by atoms with Gasteiger partial charge in [-0.05, 0) is 43.0 Å². The van der Waals surface area contributed by atoms with Gasteiger partial charge in [0.05, 0.1) is 11.8 Å². The second kappa shape index (κ2) is 6.49. The fourth-order valence-electron chi connectivity index (χ4n) is 3.33. The molecule has 6 nitrogen and oxygen atoms in total. The van der Waals surface area contributed by atoms with Gasteiger partial charge in [-0.25, -0.2) is 0 Å². The van der Waals surface area contributed by atoms with Crippen LogP contribution in [0.25, 0.3) is 10.4 Å². The lowest BCUT2D eigenvalue weighted by Gasteiger charge is -2.33. The third kappa shape index (κ3) is 2.74. The van der Waals surface area contributed by atoms with E-state index in [0.717, 1.165) is 11.4 Å². The second-order valence-electron chi connectivity index (χ2n) is 6.39. The molecule has 3 heterocycles. The molecule has 1 atom stereocenters. The Labute approximate surface area is 155 Å². The summed E-state index contributed by atoms with van der Waals surface area (Å²) in [7, 11) is 0. The first-order chi connectivity index (χ1) is 12.6. The van der Waals surface area contributed by atoms with Crippen LogP contribution in [-0.4, -0.2) is 37.8 Å². The monoisotopic (exact) mass is 365 g/mol. The first-order valence-corrected chi connectivity index (χ1v) is 9.38. The topological polar surface area (TPSA) is 74.9 Å². The van der Waals surface area contributed by atoms with Crippen molar-refractivity contribution in [3.8, 4) is 10.4 Å². The number of nitrogens with zero attached hydrogens (tertiary/aromatic N) is 4. The summed E-state index contributed by atoms with van der Waals surface area (Å²) in [6, 6.07) is 11.7. The number of carbonyl (C=O) groups is 1. The van der Waals surface area contributed by atoms with Crippen molar-refractivity contribution in [1.82, 2.24) is 19.7 Å². The zero-order chi connectivity index (χ0) is 18.3. The third-order valence-corrected chi connectivity index (χ3v) is 5.64. The van der Waals surface area contributed by atoms with Crippen LogP contribution in [0.5, 0.6) is 0 Å². The molecule has 1 aliphatic rings. The standard InChI is InChI=1S/C19H19N5OS/c1-12(20)17-21-22-18-13(2)23(9-10-24(17)18)19(25)15-7-5-14(6-8-15)16-4-3-11-26-16/h3-8,11,13,20H,9-10H2,1-2H3. The van der Waals surface area contributed by atoms with Crippen LogP contribution >= 0.6 is 11.3 Å². The van der Waals surface area contributed by atoms with E-state index < -0.39 is 0 Å². The predicted octanol–water partition coefficient (Wildman–Crippen LogP) is 3.61. The predicted molar refractivity (Wildman–Crippen MR) is 102 cm³/mol. The van der Waals surface area contributed by atoms with Crippen LogP contribution in [0.3, 0.4) is 0 Å². The van der Waals surface area contributed by atoms with E-state index in [-0.39, 0.29) is 11.9 Å². The molecule has 0 bridgehead atoms. The Balaban J connectivity index is 1.57. The zero-order valence-electron chi connectivity index (χ0n) is 14.6. The number of hydrogen-bond donors (Lipinski definition) is 1. The summed E-state index contributed by atoms with van der Waals surface area (Å²) in [4.78, 5) is 16.0. The number of benzene rings is 1. The van der Waals surface area contributed by atoms with Crippen LogP contribution in [0.4, 0.5) is 0 Å². The Morgan fingerprint density at radius 2 is 1.96 bits per heavy atom. The van der Waals surface area contributed by atoms with Crippen LogP contribution < -0.4 is 0 Å². The van der Waals surface area contributed by atoms with Crippen molar-refractivity contribution < 1.29 is 4.79 Å². The number of fused-ring (bicyclic) bond motifs is 1. The van der Waals surface area contributed by atoms with Crippen molar-refractivity contribution in [2.45, 2.75) is 26.4 Å². The first kappa shape index (κ1) is 16.7. The summed E-state index contributed by atoms with van der Waals surface area (Å²) in [5.74, 6) is 1.32. The highest BCUT2D eigenvalue weighted by atomic mass is 32.1. The van der Waals surface area contributed by atoms with Crippen LogP contribution in [-0.2, 0) is 6.54 Å². The van der Waals surface area contributed by atoms with Gasteiger partial charge in [0.25, 0.3) is 5.91 Å². The SMILES string of the molecule is CC(=N)c1nnc2n1CCN(C(=O)c1ccc(-c3cccs3)cc1)C2C. The molecule has 1 aromatic carbocycles. The van der Waals surface area contributed by atoms with Gasteiger partial charge in [0, 0.05) is 23.5 Å². The minimum Gasteiger partial charge on any atom is -0.327 e. The van der Waals surface area contributed by atoms with Gasteiger partial charge in [0.2, 0.25) is 0 Å². The lowest BCUT2D eigenvalue weighted by Crippen LogP contribution is -2.41. The van der Waals surface area contributed by atoms with Crippen molar-refractivity contribution in [2.75, 3.05) is 6.54 Å². The van der Waals surface area contributed by atoms with Crippen molar-refractivity contribution in [2.24, 2.45) is 0 Å². The van der Waals surface area contributed by atoms with E-state index in [2.05, 4.69) is 16.3 Å². The zero-order valence-corrected chi connectivity index (χ0v) is 15.5. The molecule has 0 spiro atoms. The van der Waals surface area contributed by atoms with Crippen molar-refractivity contribution >= 4 is 23.0 Å². The summed E-state index contributed by atoms with van der Waals surface area (Å²) in [5, 5.41) is 18.2. The maximum atomic E-state index is 13.0. The molecule has 132 valence electrons. The Morgan fingerprint density at radius 1 is 1.19 bits per heavy atom. The molecule has 3 aromatic rings. The minimum atomic E-state index is -0.172. The fraction of sp³-hybridized carbons (Fsp3) is 0.263. The molecule has 1 amide bonds. The van der Waals surface area contributed by atoms with Gasteiger partial charge >= 0.3 is 0 Å². The minimum absolute atomic E-state index is 0.00222. The molecule has 1 aliphatic heterocycles. The summed E-state index contributed by atoms with van der Waals surface area (Å²) < 4.78 is 1.94. The van der Waals surface area contributed by atoms with Gasteiger partial charge in [-0.3, -0.25) is 4.79 Å². The van der Waals surface area contributed by atoms with Gasteiger partial charge in [-0.1, -0.05) is 18.2 Å². The van der Waals surface area contributed by atoms with Crippen molar-refractivity contribution in [1.29, 1.82) is 5.41 Å². The first-order valence-electron chi connectivity index (χ1n) is 8.50. The highest BCUT2D eigenvalue weighted by Crippen LogP contribution is 2.28. The Hall–Kier alpha value is -2.80. The van der Waals surface area contributed by atoms with E-state index >= 15 is 0 Å². The van der Waals surface area contributed by atoms with Gasteiger partial charge in [0.15, 0.2) is 11.6 Å². The molecule has 7 heteroatoms. The van der Waals surface area contributed by atoms with E-state index in [0.29, 0.717) is 30.2 Å². The molecule has 1 unspecified atom stereocenters. The molecular formula is C19H19N5OS. The highest BCUT2D eigenvalue weighted by Gasteiger charge is 2.32. The maximum absolute atomic E-state index is 13.0. The average molecular weight is 365 g/mol. The molecule has 4 rings (SSSR count). The third-order valence-electron chi connectivity index (χ3n) is 4.72. The molecule has 0 saturated carbocycles. The van der Waals surface area contributed by atoms with Gasteiger partial charge in [-0.2, -0.15) is 0 Å². The normalized spacial score (nSPS) is 16.4. The van der Waals surface area contributed by atoms with E-state index in [1.54, 1.807) is 18.3 Å². The molecule has 0 fully saturated rings. The largest absolute Gasteiger partial charge is 0.327 e. The van der Waals surface area contributed by atoms with Crippen LogP contribution in [0.1, 0.15) is 41.9 Å². The van der Waals surface area contributed by atoms with Crippen LogP contribution in [0.2, 0.25) is 0 Å². The smallest absolute Gasteiger partial charge is 0.254 e. The van der Waals surface area contributed by atoms with Gasteiger partial charge in [-0.15, -0.1) is 21.5 Å². The van der Waals surface area contributed by atoms with Crippen molar-refractivity contribution in [3.05, 3.63) is 59.0 Å². The molecule has 2 aromatic heterocycles. The summed E-state index contributed by atoms with van der Waals surface area (Å²) in [5.41, 5.74) is 2.18. The second-order valence-corrected chi connectivity index (χ2v) is 7.34. The number of carbonyl (C=O) groups excluding carboxylic acids is 1. The number of amides is 1. The van der Waals surface area contributed by atoms with Crippen LogP contribution in [0.15, 0.2) is 41.8 Å². The van der Waals surface area contributed by atoms with E-state index in [1.807, 2.05) is 52.1 Å². The van der Waals surface area contributed by atoms with E-state index in [1.165, 1.54) is 4.88 Å². The molecule has 0 radical (unpaired) electrons. The summed E-state index contributed by atoms with van der Waals surface area (Å²) in [6.07, 6.45) is 0. The fourth-order valence-corrected chi connectivity index (χ4v) is 4.06. The van der Waals surface area contributed by atoms with Crippen molar-refractivity contribution in [3.63, 3.8) is 0 Å². The lowest BCUT2D eigenvalue weighted by atomic mass is 10.1. The van der Waals surface area contributed by atoms with Gasteiger partial charge in [0.1, 0.15) is 0 Å². The number of hydrogen-bond acceptors (Lipinski definition) is 5. The number of nitrogens with one attached hydrogen (secondary N) is 1.